The average Bonchev–Trinajstić information content (AvgIpc) is 2.59. The zero-order chi connectivity index (χ0) is 13.0. The van der Waals surface area contributed by atoms with Crippen molar-refractivity contribution in [2.45, 2.75) is 39.2 Å². The second-order valence-corrected chi connectivity index (χ2v) is 5.17. The lowest BCUT2D eigenvalue weighted by Crippen LogP contribution is -2.26. The van der Waals surface area contributed by atoms with E-state index in [0.717, 1.165) is 18.8 Å². The zero-order valence-corrected chi connectivity index (χ0v) is 11.4. The van der Waals surface area contributed by atoms with E-state index in [4.69, 9.17) is 0 Å². The summed E-state index contributed by atoms with van der Waals surface area (Å²) in [6.07, 6.45) is 3.61. The smallest absolute Gasteiger partial charge is 0.126 e. The number of benzene rings is 1. The van der Waals surface area contributed by atoms with Crippen molar-refractivity contribution in [3.8, 4) is 0 Å². The van der Waals surface area contributed by atoms with E-state index >= 15 is 0 Å². The van der Waals surface area contributed by atoms with Crippen molar-refractivity contribution in [3.63, 3.8) is 0 Å². The van der Waals surface area contributed by atoms with Gasteiger partial charge in [0.25, 0.3) is 0 Å². The lowest BCUT2D eigenvalue weighted by Gasteiger charge is -2.19. The van der Waals surface area contributed by atoms with E-state index in [9.17, 15) is 4.39 Å². The molecule has 1 heterocycles. The largest absolute Gasteiger partial charge is 0.382 e. The van der Waals surface area contributed by atoms with E-state index in [1.54, 1.807) is 6.07 Å². The van der Waals surface area contributed by atoms with Crippen molar-refractivity contribution in [2.24, 2.45) is 0 Å². The SMILES string of the molecule is CCN1CCCC(Nc2ccc(F)c(C)c2)CC1. The van der Waals surface area contributed by atoms with Crippen LogP contribution in [0.2, 0.25) is 0 Å². The maximum atomic E-state index is 13.2. The van der Waals surface area contributed by atoms with Crippen LogP contribution in [0.1, 0.15) is 31.7 Å². The van der Waals surface area contributed by atoms with Crippen LogP contribution in [0.3, 0.4) is 0 Å². The van der Waals surface area contributed by atoms with Crippen molar-refractivity contribution in [1.29, 1.82) is 0 Å². The van der Waals surface area contributed by atoms with Crippen molar-refractivity contribution in [2.75, 3.05) is 25.0 Å². The summed E-state index contributed by atoms with van der Waals surface area (Å²) in [5, 5.41) is 3.54. The Balaban J connectivity index is 1.94. The van der Waals surface area contributed by atoms with Gasteiger partial charge in [-0.1, -0.05) is 6.92 Å². The Bertz CT molecular complexity index is 392. The monoisotopic (exact) mass is 250 g/mol. The van der Waals surface area contributed by atoms with Crippen LogP contribution in [0.15, 0.2) is 18.2 Å². The standard InChI is InChI=1S/C15H23FN2/c1-3-18-9-4-5-13(8-10-18)17-14-6-7-15(16)12(2)11-14/h6-7,11,13,17H,3-5,8-10H2,1-2H3. The molecule has 0 saturated carbocycles. The Hall–Kier alpha value is -1.09. The van der Waals surface area contributed by atoms with Gasteiger partial charge in [0, 0.05) is 18.3 Å². The Labute approximate surface area is 109 Å². The second-order valence-electron chi connectivity index (χ2n) is 5.17. The fraction of sp³-hybridized carbons (Fsp3) is 0.600. The molecule has 1 aliphatic rings. The van der Waals surface area contributed by atoms with Crippen LogP contribution in [0.5, 0.6) is 0 Å². The minimum Gasteiger partial charge on any atom is -0.382 e. The first-order valence-electron chi connectivity index (χ1n) is 6.94. The van der Waals surface area contributed by atoms with Gasteiger partial charge >= 0.3 is 0 Å². The first-order chi connectivity index (χ1) is 8.69. The number of nitrogens with one attached hydrogen (secondary N) is 1. The molecule has 100 valence electrons. The molecule has 1 fully saturated rings. The van der Waals surface area contributed by atoms with Crippen LogP contribution in [-0.4, -0.2) is 30.6 Å². The van der Waals surface area contributed by atoms with Crippen molar-refractivity contribution in [1.82, 2.24) is 4.90 Å². The number of likely N-dealkylation sites (tertiary alicyclic amines) is 1. The van der Waals surface area contributed by atoms with Crippen LogP contribution >= 0.6 is 0 Å². The molecule has 2 nitrogen and oxygen atoms in total. The van der Waals surface area contributed by atoms with Crippen LogP contribution in [0.4, 0.5) is 10.1 Å². The highest BCUT2D eigenvalue weighted by Crippen LogP contribution is 2.19. The van der Waals surface area contributed by atoms with Gasteiger partial charge in [0.1, 0.15) is 5.82 Å². The van der Waals surface area contributed by atoms with E-state index < -0.39 is 0 Å². The van der Waals surface area contributed by atoms with Gasteiger partial charge in [-0.3, -0.25) is 0 Å². The van der Waals surface area contributed by atoms with Gasteiger partial charge in [-0.2, -0.15) is 0 Å². The highest BCUT2D eigenvalue weighted by molar-refractivity contribution is 5.46. The van der Waals surface area contributed by atoms with Crippen molar-refractivity contribution >= 4 is 5.69 Å². The van der Waals surface area contributed by atoms with Gasteiger partial charge in [0.15, 0.2) is 0 Å². The molecule has 0 spiro atoms. The molecule has 1 aromatic rings. The number of halogens is 1. The normalized spacial score (nSPS) is 21.6. The predicted molar refractivity (Wildman–Crippen MR) is 74.5 cm³/mol. The summed E-state index contributed by atoms with van der Waals surface area (Å²) in [5.41, 5.74) is 1.76. The van der Waals surface area contributed by atoms with Gasteiger partial charge in [0.2, 0.25) is 0 Å². The summed E-state index contributed by atoms with van der Waals surface area (Å²) >= 11 is 0. The quantitative estimate of drug-likeness (QED) is 0.884. The third-order valence-electron chi connectivity index (χ3n) is 3.80. The molecule has 0 aromatic heterocycles. The van der Waals surface area contributed by atoms with Gasteiger partial charge in [-0.15, -0.1) is 0 Å². The van der Waals surface area contributed by atoms with Gasteiger partial charge < -0.3 is 10.2 Å². The molecule has 1 aliphatic heterocycles. The van der Waals surface area contributed by atoms with Crippen LogP contribution in [0, 0.1) is 12.7 Å². The third-order valence-corrected chi connectivity index (χ3v) is 3.80. The fourth-order valence-electron chi connectivity index (χ4n) is 2.59. The maximum Gasteiger partial charge on any atom is 0.126 e. The molecular formula is C15H23FN2. The highest BCUT2D eigenvalue weighted by atomic mass is 19.1. The molecule has 3 heteroatoms. The molecule has 18 heavy (non-hydrogen) atoms. The Morgan fingerprint density at radius 3 is 2.89 bits per heavy atom. The van der Waals surface area contributed by atoms with E-state index in [0.29, 0.717) is 11.6 Å². The summed E-state index contributed by atoms with van der Waals surface area (Å²) < 4.78 is 13.2. The van der Waals surface area contributed by atoms with Crippen LogP contribution in [0.25, 0.3) is 0 Å². The molecule has 0 bridgehead atoms. The topological polar surface area (TPSA) is 15.3 Å². The van der Waals surface area contributed by atoms with Crippen molar-refractivity contribution in [3.05, 3.63) is 29.6 Å². The molecule has 0 amide bonds. The minimum atomic E-state index is -0.126. The minimum absolute atomic E-state index is 0.126. The van der Waals surface area contributed by atoms with E-state index in [-0.39, 0.29) is 5.82 Å². The first kappa shape index (κ1) is 13.3. The van der Waals surface area contributed by atoms with E-state index in [1.807, 2.05) is 19.1 Å². The number of hydrogen-bond acceptors (Lipinski definition) is 2. The third kappa shape index (κ3) is 3.45. The Morgan fingerprint density at radius 2 is 2.17 bits per heavy atom. The lowest BCUT2D eigenvalue weighted by atomic mass is 10.1. The maximum absolute atomic E-state index is 13.2. The van der Waals surface area contributed by atoms with Gasteiger partial charge in [0.05, 0.1) is 0 Å². The molecule has 0 radical (unpaired) electrons. The Kier molecular flexibility index (Phi) is 4.59. The van der Waals surface area contributed by atoms with E-state index in [1.165, 1.54) is 25.8 Å². The fourth-order valence-corrected chi connectivity index (χ4v) is 2.59. The summed E-state index contributed by atoms with van der Waals surface area (Å²) in [6.45, 7) is 7.54. The average molecular weight is 250 g/mol. The molecule has 0 aliphatic carbocycles. The molecule has 2 rings (SSSR count). The molecule has 1 atom stereocenters. The van der Waals surface area contributed by atoms with Crippen LogP contribution in [-0.2, 0) is 0 Å². The molecule has 1 unspecified atom stereocenters. The first-order valence-corrected chi connectivity index (χ1v) is 6.94. The summed E-state index contributed by atoms with van der Waals surface area (Å²) in [6, 6.07) is 5.81. The molecule has 1 N–H and O–H groups in total. The van der Waals surface area contributed by atoms with Crippen LogP contribution < -0.4 is 5.32 Å². The second kappa shape index (κ2) is 6.19. The van der Waals surface area contributed by atoms with Crippen molar-refractivity contribution < 1.29 is 4.39 Å². The number of anilines is 1. The van der Waals surface area contributed by atoms with Gasteiger partial charge in [-0.25, -0.2) is 4.39 Å². The summed E-state index contributed by atoms with van der Waals surface area (Å²) in [5.74, 6) is -0.126. The van der Waals surface area contributed by atoms with Gasteiger partial charge in [-0.05, 0) is 63.0 Å². The zero-order valence-electron chi connectivity index (χ0n) is 11.4. The molecule has 1 saturated heterocycles. The van der Waals surface area contributed by atoms with E-state index in [2.05, 4.69) is 17.1 Å². The molecule has 1 aromatic carbocycles. The highest BCUT2D eigenvalue weighted by Gasteiger charge is 2.15. The summed E-state index contributed by atoms with van der Waals surface area (Å²) in [7, 11) is 0. The number of nitrogens with zero attached hydrogens (tertiary/aromatic N) is 1. The number of aryl methyl sites for hydroxylation is 1. The predicted octanol–water partition coefficient (Wildman–Crippen LogP) is 3.42. The Morgan fingerprint density at radius 1 is 1.33 bits per heavy atom. The summed E-state index contributed by atoms with van der Waals surface area (Å²) in [4.78, 5) is 2.50. The molecular weight excluding hydrogens is 227 g/mol. The number of rotatable bonds is 3. The lowest BCUT2D eigenvalue weighted by molar-refractivity contribution is 0.300. The number of hydrogen-bond donors (Lipinski definition) is 1.